The number of carboxylic acids is 1. The summed E-state index contributed by atoms with van der Waals surface area (Å²) >= 11 is 0. The van der Waals surface area contributed by atoms with Crippen LogP contribution in [0.2, 0.25) is 0 Å². The van der Waals surface area contributed by atoms with Crippen molar-refractivity contribution < 1.29 is 50.0 Å². The Hall–Kier alpha value is -1.11. The van der Waals surface area contributed by atoms with Crippen molar-refractivity contribution in [3.8, 4) is 0 Å². The Balaban J connectivity index is 1.43. The van der Waals surface area contributed by atoms with Gasteiger partial charge in [-0.2, -0.15) is 0 Å². The van der Waals surface area contributed by atoms with Gasteiger partial charge in [0.25, 0.3) is 0 Å². The molecule has 0 aromatic heterocycles. The Morgan fingerprint density at radius 2 is 1.57 bits per heavy atom. The number of rotatable bonds is 4. The SMILES string of the molecule is CC1(C)C[C@@H](O)[C@]2(C(=O)O)CC[C@]3(C)C(=CC[C@@H]4[C@]5(C)C(CC[C@]43C)C(C)(C)[C@@H](O)C[C@@H]5OC3O[C@H](CO)[C@@H](O)[C@@H](O)[C@H]3O)[C@H]2C1. The molecule has 0 aromatic rings. The van der Waals surface area contributed by atoms with E-state index in [4.69, 9.17) is 9.47 Å². The number of aliphatic hydroxyl groups excluding tert-OH is 6. The molecule has 7 N–H and O–H groups in total. The van der Waals surface area contributed by atoms with E-state index in [1.165, 1.54) is 5.57 Å². The Morgan fingerprint density at radius 3 is 2.20 bits per heavy atom. The van der Waals surface area contributed by atoms with Gasteiger partial charge in [0.2, 0.25) is 0 Å². The van der Waals surface area contributed by atoms with Crippen LogP contribution in [0.25, 0.3) is 0 Å². The van der Waals surface area contributed by atoms with Crippen LogP contribution in [-0.4, -0.2) is 97.3 Å². The molecule has 0 aromatic carbocycles. The van der Waals surface area contributed by atoms with Gasteiger partial charge >= 0.3 is 5.97 Å². The number of aliphatic hydroxyl groups is 6. The van der Waals surface area contributed by atoms with Crippen LogP contribution in [0, 0.1) is 50.2 Å². The number of carbonyl (C=O) groups is 1. The van der Waals surface area contributed by atoms with Crippen molar-refractivity contribution in [3.05, 3.63) is 11.6 Å². The smallest absolute Gasteiger partial charge is 0.312 e. The summed E-state index contributed by atoms with van der Waals surface area (Å²) in [6.45, 7) is 14.8. The molecule has 5 fully saturated rings. The molecule has 2 unspecified atom stereocenters. The molecule has 5 aliphatic carbocycles. The van der Waals surface area contributed by atoms with Gasteiger partial charge in [0.1, 0.15) is 29.8 Å². The average molecular weight is 651 g/mol. The van der Waals surface area contributed by atoms with E-state index in [2.05, 4.69) is 54.5 Å². The Labute approximate surface area is 273 Å². The summed E-state index contributed by atoms with van der Waals surface area (Å²) in [5, 5.41) is 75.4. The van der Waals surface area contributed by atoms with Crippen LogP contribution < -0.4 is 0 Å². The van der Waals surface area contributed by atoms with Gasteiger partial charge in [0.05, 0.1) is 24.9 Å². The highest BCUT2D eigenvalue weighted by atomic mass is 16.7. The molecular weight excluding hydrogens is 592 g/mol. The number of fused-ring (bicyclic) bond motifs is 7. The van der Waals surface area contributed by atoms with E-state index < -0.39 is 77.8 Å². The first kappa shape index (κ1) is 34.7. The molecule has 46 heavy (non-hydrogen) atoms. The van der Waals surface area contributed by atoms with Crippen molar-refractivity contribution in [1.82, 2.24) is 0 Å². The van der Waals surface area contributed by atoms with Crippen molar-refractivity contribution in [2.24, 2.45) is 50.2 Å². The Morgan fingerprint density at radius 1 is 0.891 bits per heavy atom. The fraction of sp³-hybridized carbons (Fsp3) is 0.917. The second-order valence-corrected chi connectivity index (χ2v) is 18.0. The van der Waals surface area contributed by atoms with Gasteiger partial charge in [-0.15, -0.1) is 0 Å². The molecule has 0 bridgehead atoms. The van der Waals surface area contributed by atoms with Crippen LogP contribution in [-0.2, 0) is 14.3 Å². The Bertz CT molecular complexity index is 1250. The molecule has 0 spiro atoms. The fourth-order valence-corrected chi connectivity index (χ4v) is 12.3. The zero-order valence-electron chi connectivity index (χ0n) is 28.6. The monoisotopic (exact) mass is 650 g/mol. The molecule has 10 heteroatoms. The summed E-state index contributed by atoms with van der Waals surface area (Å²) < 4.78 is 12.5. The summed E-state index contributed by atoms with van der Waals surface area (Å²) in [4.78, 5) is 13.1. The molecule has 6 aliphatic rings. The molecule has 1 aliphatic heterocycles. The van der Waals surface area contributed by atoms with Gasteiger partial charge in [0.15, 0.2) is 6.29 Å². The van der Waals surface area contributed by atoms with Crippen molar-refractivity contribution >= 4 is 5.97 Å². The molecule has 1 saturated heterocycles. The third kappa shape index (κ3) is 4.46. The normalized spacial score (nSPS) is 54.4. The quantitative estimate of drug-likeness (QED) is 0.224. The number of aliphatic carboxylic acids is 1. The predicted octanol–water partition coefficient (Wildman–Crippen LogP) is 3.00. The molecule has 262 valence electrons. The van der Waals surface area contributed by atoms with E-state index in [0.717, 1.165) is 12.8 Å². The highest BCUT2D eigenvalue weighted by Gasteiger charge is 2.72. The molecule has 0 amide bonds. The van der Waals surface area contributed by atoms with Gasteiger partial charge in [-0.3, -0.25) is 4.79 Å². The Kier molecular flexibility index (Phi) is 8.27. The van der Waals surface area contributed by atoms with Gasteiger partial charge in [0, 0.05) is 11.8 Å². The minimum Gasteiger partial charge on any atom is -0.481 e. The highest BCUT2D eigenvalue weighted by Crippen LogP contribution is 2.76. The van der Waals surface area contributed by atoms with Crippen LogP contribution >= 0.6 is 0 Å². The van der Waals surface area contributed by atoms with Crippen molar-refractivity contribution in [2.45, 2.75) is 149 Å². The molecule has 15 atom stereocenters. The van der Waals surface area contributed by atoms with Crippen molar-refractivity contribution in [2.75, 3.05) is 6.61 Å². The van der Waals surface area contributed by atoms with E-state index in [9.17, 15) is 40.5 Å². The number of ether oxygens (including phenoxy) is 2. The third-order valence-electron chi connectivity index (χ3n) is 15.3. The maximum Gasteiger partial charge on any atom is 0.312 e. The summed E-state index contributed by atoms with van der Waals surface area (Å²) in [7, 11) is 0. The van der Waals surface area contributed by atoms with Gasteiger partial charge in [-0.05, 0) is 84.4 Å². The highest BCUT2D eigenvalue weighted by molar-refractivity contribution is 5.77. The van der Waals surface area contributed by atoms with Crippen LogP contribution in [0.4, 0.5) is 0 Å². The number of carboxylic acid groups (broad SMARTS) is 1. The summed E-state index contributed by atoms with van der Waals surface area (Å²) in [5.41, 5.74) is -1.74. The van der Waals surface area contributed by atoms with Crippen LogP contribution in [0.3, 0.4) is 0 Å². The molecule has 1 heterocycles. The van der Waals surface area contributed by atoms with E-state index >= 15 is 0 Å². The second kappa shape index (κ2) is 10.9. The molecule has 4 saturated carbocycles. The molecule has 0 radical (unpaired) electrons. The molecule has 10 nitrogen and oxygen atoms in total. The molecular formula is C36H58O10. The standard InChI is InChI=1S/C36H58O10/c1-31(2)15-19-18-8-9-22-34(6,33(18,5)12-13-36(19,30(43)44)24(39)16-31)11-10-21-32(3,4)23(38)14-25(35(21,22)7)46-29-28(42)27(41)26(40)20(17-37)45-29/h8,19-29,37-42H,9-17H2,1-7H3,(H,43,44)/t19-,20-,21?,22+,23+,24-,25+,26-,27-,28-,29?,33-,34-,35+,36+/m1/s1. The largest absolute Gasteiger partial charge is 0.481 e. The number of hydrogen-bond acceptors (Lipinski definition) is 9. The number of hydrogen-bond donors (Lipinski definition) is 7. The lowest BCUT2D eigenvalue weighted by atomic mass is 9.33. The van der Waals surface area contributed by atoms with Gasteiger partial charge in [-0.25, -0.2) is 0 Å². The van der Waals surface area contributed by atoms with Crippen molar-refractivity contribution in [1.29, 1.82) is 0 Å². The van der Waals surface area contributed by atoms with Crippen molar-refractivity contribution in [3.63, 3.8) is 0 Å². The predicted molar refractivity (Wildman–Crippen MR) is 168 cm³/mol. The minimum atomic E-state index is -1.56. The van der Waals surface area contributed by atoms with E-state index in [1.807, 2.05) is 0 Å². The maximum atomic E-state index is 13.1. The van der Waals surface area contributed by atoms with E-state index in [-0.39, 0.29) is 34.0 Å². The average Bonchev–Trinajstić information content (AvgIpc) is 2.95. The lowest BCUT2D eigenvalue weighted by Crippen LogP contribution is -2.70. The van der Waals surface area contributed by atoms with E-state index in [1.54, 1.807) is 0 Å². The van der Waals surface area contributed by atoms with Crippen LogP contribution in [0.1, 0.15) is 99.8 Å². The summed E-state index contributed by atoms with van der Waals surface area (Å²) in [5.74, 6) is -1.04. The maximum absolute atomic E-state index is 13.1. The lowest BCUT2D eigenvalue weighted by molar-refractivity contribution is -0.343. The first-order chi connectivity index (χ1) is 21.2. The molecule has 6 rings (SSSR count). The number of allylic oxidation sites excluding steroid dienone is 2. The topological polar surface area (TPSA) is 177 Å². The van der Waals surface area contributed by atoms with Crippen LogP contribution in [0.5, 0.6) is 0 Å². The van der Waals surface area contributed by atoms with Crippen LogP contribution in [0.15, 0.2) is 11.6 Å². The summed E-state index contributed by atoms with van der Waals surface area (Å²) in [6.07, 6.45) is -1.94. The fourth-order valence-electron chi connectivity index (χ4n) is 12.3. The summed E-state index contributed by atoms with van der Waals surface area (Å²) in [6, 6.07) is 0. The van der Waals surface area contributed by atoms with E-state index in [0.29, 0.717) is 38.5 Å². The zero-order chi connectivity index (χ0) is 34.0. The first-order valence-electron chi connectivity index (χ1n) is 17.5. The third-order valence-corrected chi connectivity index (χ3v) is 15.3. The minimum absolute atomic E-state index is 0.0485. The second-order valence-electron chi connectivity index (χ2n) is 18.0. The lowest BCUT2D eigenvalue weighted by Gasteiger charge is -2.72. The van der Waals surface area contributed by atoms with Gasteiger partial charge in [-0.1, -0.05) is 60.1 Å². The van der Waals surface area contributed by atoms with Gasteiger partial charge < -0.3 is 45.2 Å². The zero-order valence-corrected chi connectivity index (χ0v) is 28.6. The first-order valence-corrected chi connectivity index (χ1v) is 17.5.